The van der Waals surface area contributed by atoms with Gasteiger partial charge in [-0.3, -0.25) is 15.0 Å². The highest BCUT2D eigenvalue weighted by atomic mass is 14.8. The lowest BCUT2D eigenvalue weighted by atomic mass is 10.1. The van der Waals surface area contributed by atoms with Crippen LogP contribution in [-0.4, -0.2) is 15.0 Å². The van der Waals surface area contributed by atoms with Crippen LogP contribution in [0.5, 0.6) is 0 Å². The van der Waals surface area contributed by atoms with Crippen molar-refractivity contribution in [2.45, 2.75) is 33.1 Å². The van der Waals surface area contributed by atoms with Crippen LogP contribution in [0, 0.1) is 6.92 Å². The number of hydrogen-bond donors (Lipinski definition) is 0. The van der Waals surface area contributed by atoms with Crippen molar-refractivity contribution in [2.24, 2.45) is 0 Å². The molecule has 0 fully saturated rings. The number of benzene rings is 1. The normalized spacial score (nSPS) is 11.2. The molecular weight excluding hydrogens is 258 g/mol. The monoisotopic (exact) mass is 277 g/mol. The minimum Gasteiger partial charge on any atom is -0.261 e. The maximum atomic E-state index is 4.68. The third-order valence-electron chi connectivity index (χ3n) is 3.57. The van der Waals surface area contributed by atoms with Crippen LogP contribution >= 0.6 is 0 Å². The second-order valence-electron chi connectivity index (χ2n) is 5.75. The SMILES string of the molecule is Cc1ccc2cc(Cc3cncc(C(C)C)n3)ccc2n1. The van der Waals surface area contributed by atoms with Crippen molar-refractivity contribution in [3.8, 4) is 0 Å². The molecule has 106 valence electrons. The molecule has 0 spiro atoms. The van der Waals surface area contributed by atoms with Gasteiger partial charge in [-0.25, -0.2) is 0 Å². The van der Waals surface area contributed by atoms with Crippen molar-refractivity contribution in [3.63, 3.8) is 0 Å². The summed E-state index contributed by atoms with van der Waals surface area (Å²) in [5.74, 6) is 0.404. The van der Waals surface area contributed by atoms with Gasteiger partial charge in [-0.1, -0.05) is 26.0 Å². The van der Waals surface area contributed by atoms with E-state index in [0.717, 1.165) is 29.0 Å². The van der Waals surface area contributed by atoms with E-state index in [-0.39, 0.29) is 0 Å². The Morgan fingerprint density at radius 3 is 2.67 bits per heavy atom. The molecule has 0 saturated heterocycles. The topological polar surface area (TPSA) is 38.7 Å². The predicted molar refractivity (Wildman–Crippen MR) is 85.4 cm³/mol. The van der Waals surface area contributed by atoms with Gasteiger partial charge in [0, 0.05) is 29.9 Å². The molecule has 0 aliphatic carbocycles. The van der Waals surface area contributed by atoms with Crippen LogP contribution in [0.1, 0.15) is 42.4 Å². The fraction of sp³-hybridized carbons (Fsp3) is 0.278. The largest absolute Gasteiger partial charge is 0.261 e. The zero-order chi connectivity index (χ0) is 14.8. The van der Waals surface area contributed by atoms with Gasteiger partial charge in [0.05, 0.1) is 16.9 Å². The Kier molecular flexibility index (Phi) is 3.65. The van der Waals surface area contributed by atoms with E-state index in [4.69, 9.17) is 0 Å². The highest BCUT2D eigenvalue weighted by Gasteiger charge is 2.05. The van der Waals surface area contributed by atoms with Crippen molar-refractivity contribution < 1.29 is 0 Å². The fourth-order valence-electron chi connectivity index (χ4n) is 2.38. The van der Waals surface area contributed by atoms with E-state index in [9.17, 15) is 0 Å². The van der Waals surface area contributed by atoms with Gasteiger partial charge >= 0.3 is 0 Å². The average Bonchev–Trinajstić information content (AvgIpc) is 2.48. The van der Waals surface area contributed by atoms with E-state index in [0.29, 0.717) is 5.92 Å². The zero-order valence-corrected chi connectivity index (χ0v) is 12.7. The second-order valence-corrected chi connectivity index (χ2v) is 5.75. The van der Waals surface area contributed by atoms with Crippen LogP contribution in [0.25, 0.3) is 10.9 Å². The summed E-state index contributed by atoms with van der Waals surface area (Å²) in [5, 5.41) is 1.17. The number of nitrogens with zero attached hydrogens (tertiary/aromatic N) is 3. The number of pyridine rings is 1. The Morgan fingerprint density at radius 2 is 1.86 bits per heavy atom. The molecule has 0 radical (unpaired) electrons. The molecule has 0 aliphatic rings. The molecule has 3 aromatic rings. The van der Waals surface area contributed by atoms with Crippen LogP contribution in [0.3, 0.4) is 0 Å². The van der Waals surface area contributed by atoms with Gasteiger partial charge in [0.1, 0.15) is 0 Å². The third kappa shape index (κ3) is 3.07. The van der Waals surface area contributed by atoms with Gasteiger partial charge in [0.15, 0.2) is 0 Å². The fourth-order valence-corrected chi connectivity index (χ4v) is 2.38. The summed E-state index contributed by atoms with van der Waals surface area (Å²) in [6, 6.07) is 10.6. The zero-order valence-electron chi connectivity index (χ0n) is 12.7. The Morgan fingerprint density at radius 1 is 1.00 bits per heavy atom. The number of aromatic nitrogens is 3. The van der Waals surface area contributed by atoms with Gasteiger partial charge in [-0.2, -0.15) is 0 Å². The maximum absolute atomic E-state index is 4.68. The lowest BCUT2D eigenvalue weighted by Gasteiger charge is -2.07. The summed E-state index contributed by atoms with van der Waals surface area (Å²) in [7, 11) is 0. The summed E-state index contributed by atoms with van der Waals surface area (Å²) in [6.07, 6.45) is 4.50. The predicted octanol–water partition coefficient (Wildman–Crippen LogP) is 4.05. The van der Waals surface area contributed by atoms with E-state index in [2.05, 4.69) is 53.1 Å². The maximum Gasteiger partial charge on any atom is 0.0705 e. The molecule has 3 nitrogen and oxygen atoms in total. The van der Waals surface area contributed by atoms with Gasteiger partial charge in [0.2, 0.25) is 0 Å². The van der Waals surface area contributed by atoms with Crippen molar-refractivity contribution in [1.82, 2.24) is 15.0 Å². The van der Waals surface area contributed by atoms with Crippen LogP contribution in [0.2, 0.25) is 0 Å². The highest BCUT2D eigenvalue weighted by Crippen LogP contribution is 2.17. The number of hydrogen-bond acceptors (Lipinski definition) is 3. The van der Waals surface area contributed by atoms with Crippen LogP contribution in [-0.2, 0) is 6.42 Å². The first-order valence-corrected chi connectivity index (χ1v) is 7.29. The molecule has 2 heterocycles. The van der Waals surface area contributed by atoms with Crippen LogP contribution in [0.15, 0.2) is 42.7 Å². The molecular formula is C18H19N3. The molecule has 0 N–H and O–H groups in total. The first-order chi connectivity index (χ1) is 10.1. The molecule has 0 bridgehead atoms. The van der Waals surface area contributed by atoms with E-state index in [1.165, 1.54) is 10.9 Å². The second kappa shape index (κ2) is 5.60. The Balaban J connectivity index is 1.91. The molecule has 0 saturated carbocycles. The number of fused-ring (bicyclic) bond motifs is 1. The molecule has 21 heavy (non-hydrogen) atoms. The lowest BCUT2D eigenvalue weighted by molar-refractivity contribution is 0.796. The molecule has 3 rings (SSSR count). The molecule has 0 atom stereocenters. The standard InChI is InChI=1S/C18H19N3/c1-12(2)18-11-19-10-16(21-18)9-14-5-7-17-15(8-14)6-4-13(3)20-17/h4-8,10-12H,9H2,1-3H3. The minimum atomic E-state index is 0.404. The van der Waals surface area contributed by atoms with E-state index in [1.807, 2.05) is 25.4 Å². The number of rotatable bonds is 3. The Bertz CT molecular complexity index is 778. The van der Waals surface area contributed by atoms with Gasteiger partial charge < -0.3 is 0 Å². The van der Waals surface area contributed by atoms with Crippen molar-refractivity contribution in [1.29, 1.82) is 0 Å². The van der Waals surface area contributed by atoms with Crippen molar-refractivity contribution in [3.05, 3.63) is 65.4 Å². The summed E-state index contributed by atoms with van der Waals surface area (Å²) >= 11 is 0. The first-order valence-electron chi connectivity index (χ1n) is 7.29. The summed E-state index contributed by atoms with van der Waals surface area (Å²) < 4.78 is 0. The lowest BCUT2D eigenvalue weighted by Crippen LogP contribution is -2.00. The smallest absolute Gasteiger partial charge is 0.0705 e. The molecule has 0 amide bonds. The molecule has 0 unspecified atom stereocenters. The van der Waals surface area contributed by atoms with Gasteiger partial charge in [-0.15, -0.1) is 0 Å². The van der Waals surface area contributed by atoms with E-state index >= 15 is 0 Å². The quantitative estimate of drug-likeness (QED) is 0.725. The third-order valence-corrected chi connectivity index (χ3v) is 3.57. The minimum absolute atomic E-state index is 0.404. The summed E-state index contributed by atoms with van der Waals surface area (Å²) in [4.78, 5) is 13.5. The van der Waals surface area contributed by atoms with Gasteiger partial charge in [-0.05, 0) is 36.6 Å². The average molecular weight is 277 g/mol. The Labute approximate surface area is 125 Å². The molecule has 1 aromatic carbocycles. The summed E-state index contributed by atoms with van der Waals surface area (Å²) in [6.45, 7) is 6.29. The van der Waals surface area contributed by atoms with Crippen molar-refractivity contribution >= 4 is 10.9 Å². The number of aryl methyl sites for hydroxylation is 1. The van der Waals surface area contributed by atoms with Gasteiger partial charge in [0.25, 0.3) is 0 Å². The first kappa shape index (κ1) is 13.7. The van der Waals surface area contributed by atoms with Crippen LogP contribution < -0.4 is 0 Å². The molecule has 3 heteroatoms. The van der Waals surface area contributed by atoms with Crippen LogP contribution in [0.4, 0.5) is 0 Å². The van der Waals surface area contributed by atoms with Crippen molar-refractivity contribution in [2.75, 3.05) is 0 Å². The molecule has 2 aromatic heterocycles. The van der Waals surface area contributed by atoms with E-state index in [1.54, 1.807) is 0 Å². The molecule has 0 aliphatic heterocycles. The highest BCUT2D eigenvalue weighted by molar-refractivity contribution is 5.79. The summed E-state index contributed by atoms with van der Waals surface area (Å²) in [5.41, 5.74) is 5.39. The Hall–Kier alpha value is -2.29. The van der Waals surface area contributed by atoms with E-state index < -0.39 is 0 Å².